The number of fused-ring (bicyclic) bond motifs is 1. The number of nitrogens with one attached hydrogen (secondary N) is 1. The summed E-state index contributed by atoms with van der Waals surface area (Å²) >= 11 is 1.35. The molecule has 14 heteroatoms. The molecule has 1 aliphatic rings. The van der Waals surface area contributed by atoms with E-state index in [1.54, 1.807) is 24.7 Å². The van der Waals surface area contributed by atoms with Crippen molar-refractivity contribution < 1.29 is 9.59 Å². The number of aromatic nitrogens is 7. The minimum absolute atomic E-state index is 0.0511. The summed E-state index contributed by atoms with van der Waals surface area (Å²) in [6.07, 6.45) is 6.38. The predicted molar refractivity (Wildman–Crippen MR) is 138 cm³/mol. The molecule has 37 heavy (non-hydrogen) atoms. The van der Waals surface area contributed by atoms with E-state index in [1.807, 2.05) is 0 Å². The van der Waals surface area contributed by atoms with E-state index in [0.29, 0.717) is 29.0 Å². The van der Waals surface area contributed by atoms with Crippen LogP contribution in [0.4, 0.5) is 11.8 Å². The number of imidazole rings is 1. The molecular formula is C23H25N9O4S. The summed E-state index contributed by atoms with van der Waals surface area (Å²) in [5.41, 5.74) is -0.430. The molecule has 192 valence electrons. The molecule has 2 atom stereocenters. The molecule has 1 amide bonds. The first kappa shape index (κ1) is 24.5. The third-order valence-electron chi connectivity index (χ3n) is 6.46. The van der Waals surface area contributed by atoms with Gasteiger partial charge in [-0.05, 0) is 19.3 Å². The second-order valence-electron chi connectivity index (χ2n) is 9.06. The number of thiazole rings is 1. The molecule has 0 radical (unpaired) electrons. The van der Waals surface area contributed by atoms with Gasteiger partial charge in [-0.2, -0.15) is 0 Å². The lowest BCUT2D eigenvalue weighted by Crippen LogP contribution is -2.40. The average molecular weight is 524 g/mol. The van der Waals surface area contributed by atoms with E-state index in [1.165, 1.54) is 33.8 Å². The Morgan fingerprint density at radius 3 is 2.70 bits per heavy atom. The fourth-order valence-electron chi connectivity index (χ4n) is 4.35. The summed E-state index contributed by atoms with van der Waals surface area (Å²) in [5, 5.41) is 5.13. The van der Waals surface area contributed by atoms with Crippen molar-refractivity contribution in [2.75, 3.05) is 23.3 Å². The minimum Gasteiger partial charge on any atom is -0.341 e. The number of carbonyl (C=O) groups is 2. The van der Waals surface area contributed by atoms with Crippen LogP contribution in [0, 0.1) is 5.92 Å². The van der Waals surface area contributed by atoms with Crippen LogP contribution in [0.1, 0.15) is 26.3 Å². The SMILES string of the molecule is CC1CCN(c2ncc(-c3nc(NC(=O)[C@H](C)n4cnc5c4c(=O)n(CC=O)c(=O)n5C)cs3)cn2)C1. The fraction of sp³-hybridized carbons (Fsp3) is 0.391. The highest BCUT2D eigenvalue weighted by Gasteiger charge is 2.24. The first-order valence-electron chi connectivity index (χ1n) is 11.7. The molecule has 1 aliphatic heterocycles. The smallest absolute Gasteiger partial charge is 0.332 e. The molecule has 1 unspecified atom stereocenters. The Morgan fingerprint density at radius 1 is 1.27 bits per heavy atom. The Bertz CT molecular complexity index is 1600. The van der Waals surface area contributed by atoms with E-state index in [9.17, 15) is 19.2 Å². The molecule has 1 fully saturated rings. The average Bonchev–Trinajstić information content (AvgIpc) is 3.65. The van der Waals surface area contributed by atoms with E-state index in [2.05, 4.69) is 37.1 Å². The Hall–Kier alpha value is -4.20. The van der Waals surface area contributed by atoms with Gasteiger partial charge in [0.1, 0.15) is 23.2 Å². The van der Waals surface area contributed by atoms with Crippen molar-refractivity contribution in [3.05, 3.63) is 44.9 Å². The van der Waals surface area contributed by atoms with E-state index < -0.39 is 29.7 Å². The fourth-order valence-corrected chi connectivity index (χ4v) is 5.08. The quantitative estimate of drug-likeness (QED) is 0.351. The number of amides is 1. The van der Waals surface area contributed by atoms with Crippen LogP contribution >= 0.6 is 11.3 Å². The first-order valence-corrected chi connectivity index (χ1v) is 12.6. The summed E-state index contributed by atoms with van der Waals surface area (Å²) in [6, 6.07) is -0.851. The highest BCUT2D eigenvalue weighted by atomic mass is 32.1. The van der Waals surface area contributed by atoms with Crippen LogP contribution in [0.15, 0.2) is 33.7 Å². The molecule has 1 saturated heterocycles. The summed E-state index contributed by atoms with van der Waals surface area (Å²) in [5.74, 6) is 1.25. The Balaban J connectivity index is 1.35. The second-order valence-corrected chi connectivity index (χ2v) is 9.92. The van der Waals surface area contributed by atoms with Gasteiger partial charge in [0.2, 0.25) is 11.9 Å². The largest absolute Gasteiger partial charge is 0.341 e. The third-order valence-corrected chi connectivity index (χ3v) is 7.35. The van der Waals surface area contributed by atoms with E-state index in [0.717, 1.165) is 29.6 Å². The molecule has 0 spiro atoms. The third kappa shape index (κ3) is 4.43. The molecule has 4 aromatic heterocycles. The van der Waals surface area contributed by atoms with Gasteiger partial charge in [-0.3, -0.25) is 18.7 Å². The van der Waals surface area contributed by atoms with Crippen molar-refractivity contribution in [2.45, 2.75) is 32.9 Å². The Morgan fingerprint density at radius 2 is 2.03 bits per heavy atom. The molecule has 0 aromatic carbocycles. The number of aryl methyl sites for hydroxylation is 1. The summed E-state index contributed by atoms with van der Waals surface area (Å²) in [4.78, 5) is 69.1. The molecule has 4 aromatic rings. The number of hydrogen-bond acceptors (Lipinski definition) is 10. The predicted octanol–water partition coefficient (Wildman–Crippen LogP) is 1.05. The topological polar surface area (TPSA) is 150 Å². The van der Waals surface area contributed by atoms with Crippen molar-refractivity contribution in [3.63, 3.8) is 0 Å². The summed E-state index contributed by atoms with van der Waals surface area (Å²) in [7, 11) is 1.45. The minimum atomic E-state index is -0.851. The molecule has 5 rings (SSSR count). The highest BCUT2D eigenvalue weighted by molar-refractivity contribution is 7.13. The zero-order valence-electron chi connectivity index (χ0n) is 20.5. The number of aldehydes is 1. The first-order chi connectivity index (χ1) is 17.8. The number of rotatable bonds is 7. The van der Waals surface area contributed by atoms with Gasteiger partial charge in [0.25, 0.3) is 5.56 Å². The summed E-state index contributed by atoms with van der Waals surface area (Å²) < 4.78 is 3.36. The molecule has 1 N–H and O–H groups in total. The maximum atomic E-state index is 13.0. The van der Waals surface area contributed by atoms with Gasteiger partial charge in [0.05, 0.1) is 12.9 Å². The van der Waals surface area contributed by atoms with Crippen LogP contribution in [0.5, 0.6) is 0 Å². The normalized spacial score (nSPS) is 16.3. The number of carbonyl (C=O) groups excluding carboxylic acids is 2. The lowest BCUT2D eigenvalue weighted by molar-refractivity contribution is -0.118. The van der Waals surface area contributed by atoms with Crippen LogP contribution in [0.25, 0.3) is 21.7 Å². The lowest BCUT2D eigenvalue weighted by Gasteiger charge is -2.15. The van der Waals surface area contributed by atoms with Crippen LogP contribution in [-0.2, 0) is 23.2 Å². The van der Waals surface area contributed by atoms with Gasteiger partial charge in [-0.25, -0.2) is 24.7 Å². The number of anilines is 2. The van der Waals surface area contributed by atoms with Gasteiger partial charge >= 0.3 is 5.69 Å². The van der Waals surface area contributed by atoms with E-state index in [4.69, 9.17) is 0 Å². The Kier molecular flexibility index (Phi) is 6.41. The molecule has 0 bridgehead atoms. The van der Waals surface area contributed by atoms with E-state index in [-0.39, 0.29) is 11.2 Å². The van der Waals surface area contributed by atoms with Crippen molar-refractivity contribution in [3.8, 4) is 10.6 Å². The molecule has 0 aliphatic carbocycles. The van der Waals surface area contributed by atoms with Crippen LogP contribution in [0.3, 0.4) is 0 Å². The standard InChI is InChI=1S/C23H25N9O4S/c1-13-4-5-30(10-13)22-24-8-15(9-25-22)20-28-16(11-37-20)27-19(34)14(2)32-12-26-18-17(32)21(35)31(6-7-33)23(36)29(18)3/h7-9,11-14H,4-6,10H2,1-3H3,(H,27,34)/t13?,14-/m0/s1. The van der Waals surface area contributed by atoms with Gasteiger partial charge in [-0.1, -0.05) is 6.92 Å². The molecule has 5 heterocycles. The van der Waals surface area contributed by atoms with E-state index >= 15 is 0 Å². The second kappa shape index (κ2) is 9.69. The van der Waals surface area contributed by atoms with Crippen LogP contribution in [0.2, 0.25) is 0 Å². The highest BCUT2D eigenvalue weighted by Crippen LogP contribution is 2.27. The van der Waals surface area contributed by atoms with Gasteiger partial charge in [-0.15, -0.1) is 11.3 Å². The van der Waals surface area contributed by atoms with Crippen molar-refractivity contribution >= 4 is 46.5 Å². The van der Waals surface area contributed by atoms with Crippen LogP contribution in [-0.4, -0.2) is 58.9 Å². The molecule has 13 nitrogen and oxygen atoms in total. The van der Waals surface area contributed by atoms with Gasteiger partial charge in [0, 0.05) is 43.5 Å². The Labute approximate surface area is 214 Å². The van der Waals surface area contributed by atoms with Crippen molar-refractivity contribution in [1.29, 1.82) is 0 Å². The van der Waals surface area contributed by atoms with Crippen LogP contribution < -0.4 is 21.5 Å². The zero-order chi connectivity index (χ0) is 26.3. The van der Waals surface area contributed by atoms with Crippen molar-refractivity contribution in [2.24, 2.45) is 13.0 Å². The van der Waals surface area contributed by atoms with Crippen molar-refractivity contribution in [1.82, 2.24) is 33.6 Å². The zero-order valence-corrected chi connectivity index (χ0v) is 21.3. The monoisotopic (exact) mass is 523 g/mol. The molecule has 0 saturated carbocycles. The van der Waals surface area contributed by atoms with Gasteiger partial charge < -0.3 is 19.6 Å². The summed E-state index contributed by atoms with van der Waals surface area (Å²) in [6.45, 7) is 5.31. The maximum Gasteiger partial charge on any atom is 0.332 e. The lowest BCUT2D eigenvalue weighted by atomic mass is 10.2. The number of nitrogens with zero attached hydrogens (tertiary/aromatic N) is 8. The molecular weight excluding hydrogens is 498 g/mol. The number of hydrogen-bond donors (Lipinski definition) is 1. The van der Waals surface area contributed by atoms with Gasteiger partial charge in [0.15, 0.2) is 11.2 Å². The maximum absolute atomic E-state index is 13.0.